The third-order valence-electron chi connectivity index (χ3n) is 2.46. The van der Waals surface area contributed by atoms with Crippen LogP contribution in [0.2, 0.25) is 0 Å². The lowest BCUT2D eigenvalue weighted by Crippen LogP contribution is -2.33. The molecule has 1 aliphatic rings. The summed E-state index contributed by atoms with van der Waals surface area (Å²) in [5.74, 6) is 0.656. The minimum Gasteiger partial charge on any atom is -0.391 e. The van der Waals surface area contributed by atoms with E-state index in [-0.39, 0.29) is 12.0 Å². The van der Waals surface area contributed by atoms with Crippen molar-refractivity contribution >= 4 is 5.91 Å². The lowest BCUT2D eigenvalue weighted by Gasteiger charge is -2.19. The highest BCUT2D eigenvalue weighted by Gasteiger charge is 2.27. The molecule has 1 rings (SSSR count). The van der Waals surface area contributed by atoms with Crippen molar-refractivity contribution in [2.24, 2.45) is 5.92 Å². The molecule has 0 bridgehead atoms. The summed E-state index contributed by atoms with van der Waals surface area (Å²) in [4.78, 5) is 13.1. The highest BCUT2D eigenvalue weighted by molar-refractivity contribution is 5.78. The first-order valence-electron chi connectivity index (χ1n) is 5.09. The topological polar surface area (TPSA) is 40.5 Å². The van der Waals surface area contributed by atoms with Gasteiger partial charge in [-0.2, -0.15) is 0 Å². The van der Waals surface area contributed by atoms with Crippen LogP contribution in [0.5, 0.6) is 0 Å². The van der Waals surface area contributed by atoms with Crippen LogP contribution in [0, 0.1) is 5.92 Å². The molecule has 0 radical (unpaired) electrons. The van der Waals surface area contributed by atoms with Crippen LogP contribution in [-0.2, 0) is 4.79 Å². The highest BCUT2D eigenvalue weighted by atomic mass is 16.3. The van der Waals surface area contributed by atoms with Gasteiger partial charge < -0.3 is 10.0 Å². The van der Waals surface area contributed by atoms with Crippen molar-refractivity contribution in [2.45, 2.75) is 39.2 Å². The second-order valence-corrected chi connectivity index (χ2v) is 4.05. The molecule has 1 amide bonds. The van der Waals surface area contributed by atoms with Gasteiger partial charge in [-0.1, -0.05) is 20.3 Å². The van der Waals surface area contributed by atoms with Gasteiger partial charge in [0.15, 0.2) is 0 Å². The third kappa shape index (κ3) is 2.99. The number of amides is 1. The summed E-state index contributed by atoms with van der Waals surface area (Å²) >= 11 is 0. The summed E-state index contributed by atoms with van der Waals surface area (Å²) in [6.07, 6.45) is 2.08. The molecule has 1 saturated heterocycles. The quantitative estimate of drug-likeness (QED) is 0.710. The second-order valence-electron chi connectivity index (χ2n) is 4.05. The number of rotatable bonds is 4. The van der Waals surface area contributed by atoms with Crippen LogP contribution in [0.1, 0.15) is 33.1 Å². The van der Waals surface area contributed by atoms with Gasteiger partial charge in [0.2, 0.25) is 5.91 Å². The fourth-order valence-electron chi connectivity index (χ4n) is 1.83. The molecule has 1 N–H and O–H groups in total. The smallest absolute Gasteiger partial charge is 0.223 e. The molecule has 76 valence electrons. The fourth-order valence-corrected chi connectivity index (χ4v) is 1.83. The van der Waals surface area contributed by atoms with Crippen molar-refractivity contribution in [1.29, 1.82) is 0 Å². The predicted octanol–water partition coefficient (Wildman–Crippen LogP) is 1.02. The van der Waals surface area contributed by atoms with E-state index in [4.69, 9.17) is 0 Å². The first-order valence-corrected chi connectivity index (χ1v) is 5.09. The highest BCUT2D eigenvalue weighted by Crippen LogP contribution is 2.17. The minimum atomic E-state index is -0.334. The zero-order valence-electron chi connectivity index (χ0n) is 8.49. The van der Waals surface area contributed by atoms with Gasteiger partial charge in [0.05, 0.1) is 6.10 Å². The number of carbonyl (C=O) groups is 1. The maximum Gasteiger partial charge on any atom is 0.223 e. The Kier molecular flexibility index (Phi) is 3.72. The Hall–Kier alpha value is -0.570. The summed E-state index contributed by atoms with van der Waals surface area (Å²) in [5, 5.41) is 9.52. The molecule has 0 aromatic carbocycles. The zero-order valence-corrected chi connectivity index (χ0v) is 8.49. The van der Waals surface area contributed by atoms with Crippen LogP contribution in [0.4, 0.5) is 0 Å². The van der Waals surface area contributed by atoms with Gasteiger partial charge in [-0.25, -0.2) is 0 Å². The molecular weight excluding hydrogens is 166 g/mol. The first-order chi connectivity index (χ1) is 6.13. The first kappa shape index (κ1) is 10.5. The number of likely N-dealkylation sites (tertiary alicyclic amines) is 1. The maximum absolute atomic E-state index is 11.3. The molecule has 1 heterocycles. The Labute approximate surface area is 79.7 Å². The fraction of sp³-hybridized carbons (Fsp3) is 0.900. The van der Waals surface area contributed by atoms with E-state index >= 15 is 0 Å². The van der Waals surface area contributed by atoms with Gasteiger partial charge in [-0.15, -0.1) is 0 Å². The van der Waals surface area contributed by atoms with Crippen molar-refractivity contribution in [3.05, 3.63) is 0 Å². The molecule has 1 fully saturated rings. The molecule has 0 aromatic rings. The van der Waals surface area contributed by atoms with Gasteiger partial charge in [-0.3, -0.25) is 4.79 Å². The number of β-amino-alcohol motifs (C(OH)–C–C–N with tert-alkyl or cyclic N) is 1. The van der Waals surface area contributed by atoms with Gasteiger partial charge in [0, 0.05) is 19.5 Å². The van der Waals surface area contributed by atoms with E-state index in [1.165, 1.54) is 0 Å². The lowest BCUT2D eigenvalue weighted by atomic mass is 10.2. The Morgan fingerprint density at radius 3 is 2.85 bits per heavy atom. The largest absolute Gasteiger partial charge is 0.391 e. The van der Waals surface area contributed by atoms with E-state index in [1.807, 2.05) is 6.92 Å². The number of hydrogen-bond acceptors (Lipinski definition) is 2. The monoisotopic (exact) mass is 185 g/mol. The van der Waals surface area contributed by atoms with Gasteiger partial charge in [-0.05, 0) is 12.3 Å². The standard InChI is InChI=1S/C10H19NO2/c1-3-4-9(12)7-11-6-8(2)5-10(11)13/h8-9,12H,3-7H2,1-2H3. The van der Waals surface area contributed by atoms with E-state index in [1.54, 1.807) is 4.90 Å². The van der Waals surface area contributed by atoms with Crippen LogP contribution in [0.3, 0.4) is 0 Å². The van der Waals surface area contributed by atoms with E-state index in [0.29, 0.717) is 18.9 Å². The van der Waals surface area contributed by atoms with E-state index < -0.39 is 0 Å². The Morgan fingerprint density at radius 2 is 2.38 bits per heavy atom. The van der Waals surface area contributed by atoms with Crippen molar-refractivity contribution in [1.82, 2.24) is 4.90 Å². The van der Waals surface area contributed by atoms with Crippen LogP contribution >= 0.6 is 0 Å². The van der Waals surface area contributed by atoms with Crippen molar-refractivity contribution in [2.75, 3.05) is 13.1 Å². The molecule has 3 nitrogen and oxygen atoms in total. The summed E-state index contributed by atoms with van der Waals surface area (Å²) in [5.41, 5.74) is 0. The van der Waals surface area contributed by atoms with Gasteiger partial charge in [0.25, 0.3) is 0 Å². The molecule has 1 aliphatic heterocycles. The third-order valence-corrected chi connectivity index (χ3v) is 2.46. The van der Waals surface area contributed by atoms with E-state index in [2.05, 4.69) is 6.92 Å². The van der Waals surface area contributed by atoms with Crippen LogP contribution < -0.4 is 0 Å². The summed E-state index contributed by atoms with van der Waals surface area (Å²) < 4.78 is 0. The molecule has 0 saturated carbocycles. The SMILES string of the molecule is CCCC(O)CN1CC(C)CC1=O. The molecule has 0 spiro atoms. The average Bonchev–Trinajstić information content (AvgIpc) is 2.30. The molecular formula is C10H19NO2. The summed E-state index contributed by atoms with van der Waals surface area (Å²) in [7, 11) is 0. The number of carbonyl (C=O) groups excluding carboxylic acids is 1. The van der Waals surface area contributed by atoms with E-state index in [0.717, 1.165) is 19.4 Å². The minimum absolute atomic E-state index is 0.197. The van der Waals surface area contributed by atoms with Crippen LogP contribution in [0.15, 0.2) is 0 Å². The number of hydrogen-bond donors (Lipinski definition) is 1. The van der Waals surface area contributed by atoms with Crippen LogP contribution in [-0.4, -0.2) is 35.1 Å². The summed E-state index contributed by atoms with van der Waals surface area (Å²) in [6.45, 7) is 5.46. The van der Waals surface area contributed by atoms with Gasteiger partial charge in [0.1, 0.15) is 0 Å². The van der Waals surface area contributed by atoms with Crippen molar-refractivity contribution < 1.29 is 9.90 Å². The molecule has 0 aromatic heterocycles. The Bertz CT molecular complexity index is 182. The molecule has 13 heavy (non-hydrogen) atoms. The normalized spacial score (nSPS) is 25.3. The maximum atomic E-state index is 11.3. The van der Waals surface area contributed by atoms with Crippen LogP contribution in [0.25, 0.3) is 0 Å². The molecule has 2 unspecified atom stereocenters. The second kappa shape index (κ2) is 4.61. The zero-order chi connectivity index (χ0) is 9.84. The average molecular weight is 185 g/mol. The molecule has 2 atom stereocenters. The number of aliphatic hydroxyl groups excluding tert-OH is 1. The number of aliphatic hydroxyl groups is 1. The Balaban J connectivity index is 2.32. The van der Waals surface area contributed by atoms with E-state index in [9.17, 15) is 9.90 Å². The van der Waals surface area contributed by atoms with Crippen molar-refractivity contribution in [3.8, 4) is 0 Å². The molecule has 3 heteroatoms. The Morgan fingerprint density at radius 1 is 1.69 bits per heavy atom. The lowest BCUT2D eigenvalue weighted by molar-refractivity contribution is -0.129. The number of nitrogens with zero attached hydrogens (tertiary/aromatic N) is 1. The predicted molar refractivity (Wildman–Crippen MR) is 51.3 cm³/mol. The summed E-state index contributed by atoms with van der Waals surface area (Å²) in [6, 6.07) is 0. The molecule has 0 aliphatic carbocycles. The van der Waals surface area contributed by atoms with Crippen molar-refractivity contribution in [3.63, 3.8) is 0 Å². The van der Waals surface area contributed by atoms with Gasteiger partial charge >= 0.3 is 0 Å².